The summed E-state index contributed by atoms with van der Waals surface area (Å²) in [4.78, 5) is 14.0. The summed E-state index contributed by atoms with van der Waals surface area (Å²) >= 11 is 9.10. The van der Waals surface area contributed by atoms with Crippen LogP contribution >= 0.6 is 35.1 Å². The standard InChI is InChI=1S/C11H13ClOS2/c1-7(12)11(13)8-4-5-9(14-2)10(6-8)15-3/h4-7H,1-3H3. The zero-order valence-corrected chi connectivity index (χ0v) is 11.3. The minimum atomic E-state index is -0.458. The molecule has 4 heteroatoms. The Morgan fingerprint density at radius 2 is 1.87 bits per heavy atom. The maximum absolute atomic E-state index is 11.7. The number of thioether (sulfide) groups is 2. The molecule has 0 heterocycles. The molecule has 0 N–H and O–H groups in total. The molecule has 1 nitrogen and oxygen atoms in total. The van der Waals surface area contributed by atoms with Crippen LogP contribution in [-0.4, -0.2) is 23.7 Å². The monoisotopic (exact) mass is 260 g/mol. The summed E-state index contributed by atoms with van der Waals surface area (Å²) in [6.45, 7) is 1.70. The summed E-state index contributed by atoms with van der Waals surface area (Å²) in [5, 5.41) is -0.458. The van der Waals surface area contributed by atoms with Crippen LogP contribution in [0.2, 0.25) is 0 Å². The summed E-state index contributed by atoms with van der Waals surface area (Å²) in [7, 11) is 0. The Balaban J connectivity index is 3.08. The number of hydrogen-bond donors (Lipinski definition) is 0. The molecule has 1 aromatic rings. The van der Waals surface area contributed by atoms with Crippen LogP contribution in [0.4, 0.5) is 0 Å². The van der Waals surface area contributed by atoms with E-state index in [-0.39, 0.29) is 5.78 Å². The molecule has 1 rings (SSSR count). The van der Waals surface area contributed by atoms with Gasteiger partial charge in [0.05, 0.1) is 5.38 Å². The lowest BCUT2D eigenvalue weighted by Crippen LogP contribution is -2.10. The van der Waals surface area contributed by atoms with E-state index in [0.717, 1.165) is 4.90 Å². The highest BCUT2D eigenvalue weighted by Gasteiger charge is 2.13. The van der Waals surface area contributed by atoms with E-state index in [1.165, 1.54) is 4.90 Å². The molecule has 0 aliphatic carbocycles. The molecule has 1 atom stereocenters. The molecule has 0 spiro atoms. The molecule has 1 unspecified atom stereocenters. The average Bonchev–Trinajstić information content (AvgIpc) is 2.26. The Morgan fingerprint density at radius 3 is 2.33 bits per heavy atom. The fraction of sp³-hybridized carbons (Fsp3) is 0.364. The van der Waals surface area contributed by atoms with Crippen LogP contribution in [0.15, 0.2) is 28.0 Å². The number of alkyl halides is 1. The smallest absolute Gasteiger partial charge is 0.180 e. The summed E-state index contributed by atoms with van der Waals surface area (Å²) in [5.74, 6) is -0.0142. The van der Waals surface area contributed by atoms with E-state index < -0.39 is 5.38 Å². The second-order valence-corrected chi connectivity index (χ2v) is 5.40. The van der Waals surface area contributed by atoms with Crippen molar-refractivity contribution in [3.05, 3.63) is 23.8 Å². The van der Waals surface area contributed by atoms with Crippen LogP contribution < -0.4 is 0 Å². The SMILES string of the molecule is CSc1ccc(C(=O)C(C)Cl)cc1SC. The highest BCUT2D eigenvalue weighted by molar-refractivity contribution is 8.01. The van der Waals surface area contributed by atoms with Crippen LogP contribution in [0, 0.1) is 0 Å². The topological polar surface area (TPSA) is 17.1 Å². The Morgan fingerprint density at radius 1 is 1.27 bits per heavy atom. The van der Waals surface area contributed by atoms with Crippen molar-refractivity contribution in [2.24, 2.45) is 0 Å². The van der Waals surface area contributed by atoms with Gasteiger partial charge in [0, 0.05) is 15.4 Å². The van der Waals surface area contributed by atoms with Gasteiger partial charge in [-0.15, -0.1) is 35.1 Å². The maximum atomic E-state index is 11.7. The third-order valence-electron chi connectivity index (χ3n) is 2.03. The van der Waals surface area contributed by atoms with Gasteiger partial charge in [0.2, 0.25) is 0 Å². The summed E-state index contributed by atoms with van der Waals surface area (Å²) in [5.41, 5.74) is 0.694. The Kier molecular flexibility index (Phi) is 5.03. The van der Waals surface area contributed by atoms with Gasteiger partial charge in [-0.05, 0) is 31.6 Å². The third-order valence-corrected chi connectivity index (χ3v) is 3.93. The number of Topliss-reactive ketones (excluding diaryl/α,β-unsaturated/α-hetero) is 1. The van der Waals surface area contributed by atoms with E-state index in [2.05, 4.69) is 0 Å². The van der Waals surface area contributed by atoms with Gasteiger partial charge in [0.15, 0.2) is 5.78 Å². The minimum Gasteiger partial charge on any atom is -0.293 e. The molecule has 0 saturated heterocycles. The van der Waals surface area contributed by atoms with Crippen molar-refractivity contribution in [1.29, 1.82) is 0 Å². The van der Waals surface area contributed by atoms with E-state index in [0.29, 0.717) is 5.56 Å². The number of carbonyl (C=O) groups excluding carboxylic acids is 1. The molecule has 0 aromatic heterocycles. The second kappa shape index (κ2) is 5.83. The molecule has 1 aromatic carbocycles. The Labute approximate surface area is 104 Å². The van der Waals surface area contributed by atoms with E-state index in [4.69, 9.17) is 11.6 Å². The highest BCUT2D eigenvalue weighted by Crippen LogP contribution is 2.29. The predicted molar refractivity (Wildman–Crippen MR) is 69.6 cm³/mol. The van der Waals surface area contributed by atoms with Crippen molar-refractivity contribution < 1.29 is 4.79 Å². The van der Waals surface area contributed by atoms with Crippen molar-refractivity contribution in [3.8, 4) is 0 Å². The normalized spacial score (nSPS) is 12.5. The van der Waals surface area contributed by atoms with Crippen LogP contribution in [0.5, 0.6) is 0 Å². The molecule has 0 aliphatic heterocycles. The molecule has 0 amide bonds. The van der Waals surface area contributed by atoms with Crippen LogP contribution in [-0.2, 0) is 0 Å². The van der Waals surface area contributed by atoms with Crippen molar-refractivity contribution in [2.75, 3.05) is 12.5 Å². The number of hydrogen-bond acceptors (Lipinski definition) is 3. The van der Waals surface area contributed by atoms with Crippen LogP contribution in [0.1, 0.15) is 17.3 Å². The van der Waals surface area contributed by atoms with Gasteiger partial charge in [-0.2, -0.15) is 0 Å². The van der Waals surface area contributed by atoms with E-state index in [1.54, 1.807) is 30.4 Å². The number of halogens is 1. The quantitative estimate of drug-likeness (QED) is 0.464. The van der Waals surface area contributed by atoms with E-state index in [9.17, 15) is 4.79 Å². The maximum Gasteiger partial charge on any atom is 0.180 e. The zero-order valence-electron chi connectivity index (χ0n) is 8.91. The summed E-state index contributed by atoms with van der Waals surface area (Å²) in [6.07, 6.45) is 4.04. The molecule has 0 saturated carbocycles. The third kappa shape index (κ3) is 3.16. The number of benzene rings is 1. The van der Waals surface area contributed by atoms with Crippen molar-refractivity contribution in [3.63, 3.8) is 0 Å². The predicted octanol–water partition coefficient (Wildman–Crippen LogP) is 3.94. The summed E-state index contributed by atoms with van der Waals surface area (Å²) in [6, 6.07) is 5.73. The van der Waals surface area contributed by atoms with Crippen molar-refractivity contribution in [1.82, 2.24) is 0 Å². The van der Waals surface area contributed by atoms with Crippen LogP contribution in [0.25, 0.3) is 0 Å². The first-order chi connectivity index (χ1) is 7.10. The average molecular weight is 261 g/mol. The molecular formula is C11H13ClOS2. The van der Waals surface area contributed by atoms with Gasteiger partial charge in [0.1, 0.15) is 0 Å². The Hall–Kier alpha value is -0.120. The lowest BCUT2D eigenvalue weighted by Gasteiger charge is -2.08. The first-order valence-corrected chi connectivity index (χ1v) is 7.39. The molecule has 15 heavy (non-hydrogen) atoms. The molecule has 0 fully saturated rings. The summed E-state index contributed by atoms with van der Waals surface area (Å²) < 4.78 is 0. The first kappa shape index (κ1) is 12.9. The lowest BCUT2D eigenvalue weighted by atomic mass is 10.1. The molecule has 0 bridgehead atoms. The fourth-order valence-corrected chi connectivity index (χ4v) is 2.82. The van der Waals surface area contributed by atoms with Gasteiger partial charge in [-0.1, -0.05) is 6.07 Å². The molecule has 0 radical (unpaired) electrons. The largest absolute Gasteiger partial charge is 0.293 e. The number of rotatable bonds is 4. The Bertz CT molecular complexity index is 364. The first-order valence-electron chi connectivity index (χ1n) is 4.50. The second-order valence-electron chi connectivity index (χ2n) is 3.05. The van der Waals surface area contributed by atoms with Crippen molar-refractivity contribution >= 4 is 40.9 Å². The number of ketones is 1. The van der Waals surface area contributed by atoms with Gasteiger partial charge >= 0.3 is 0 Å². The van der Waals surface area contributed by atoms with Crippen molar-refractivity contribution in [2.45, 2.75) is 22.1 Å². The number of carbonyl (C=O) groups is 1. The van der Waals surface area contributed by atoms with Gasteiger partial charge in [0.25, 0.3) is 0 Å². The minimum absolute atomic E-state index is 0.0142. The fourth-order valence-electron chi connectivity index (χ4n) is 1.22. The molecule has 0 aliphatic rings. The van der Waals surface area contributed by atoms with E-state index >= 15 is 0 Å². The van der Waals surface area contributed by atoms with E-state index in [1.807, 2.05) is 30.7 Å². The molecule has 82 valence electrons. The van der Waals surface area contributed by atoms with Crippen LogP contribution in [0.3, 0.4) is 0 Å². The van der Waals surface area contributed by atoms with Gasteiger partial charge < -0.3 is 0 Å². The molecular weight excluding hydrogens is 248 g/mol. The highest BCUT2D eigenvalue weighted by atomic mass is 35.5. The lowest BCUT2D eigenvalue weighted by molar-refractivity contribution is 0.0991. The van der Waals surface area contributed by atoms with Gasteiger partial charge in [-0.3, -0.25) is 4.79 Å². The zero-order chi connectivity index (χ0) is 11.4. The van der Waals surface area contributed by atoms with Gasteiger partial charge in [-0.25, -0.2) is 0 Å².